The lowest BCUT2D eigenvalue weighted by Crippen LogP contribution is -2.15. The largest absolute Gasteiger partial charge is 0.497 e. The van der Waals surface area contributed by atoms with Gasteiger partial charge in [0.15, 0.2) is 11.0 Å². The second-order valence-corrected chi connectivity index (χ2v) is 7.46. The van der Waals surface area contributed by atoms with Crippen molar-refractivity contribution in [1.29, 1.82) is 0 Å². The van der Waals surface area contributed by atoms with Crippen LogP contribution in [0.5, 0.6) is 5.75 Å². The summed E-state index contributed by atoms with van der Waals surface area (Å²) in [5.41, 5.74) is 0.961. The van der Waals surface area contributed by atoms with E-state index in [-0.39, 0.29) is 11.7 Å². The molecule has 0 radical (unpaired) electrons. The molecule has 1 N–H and O–H groups in total. The number of ether oxygens (including phenoxy) is 1. The number of anilines is 1. The first-order valence-corrected chi connectivity index (χ1v) is 10.4. The Bertz CT molecular complexity index is 1180. The van der Waals surface area contributed by atoms with Gasteiger partial charge in [0.25, 0.3) is 0 Å². The standard InChI is InChI=1S/C22H19FN4O3S/c1-29-16-7-4-6-15(12-16)24-20(28)14-31-22-26-25-21(18-9-2-3-10-19(18)23)27(22)13-17-8-5-11-30-17/h2-12H,13-14H2,1H3,(H,24,28). The molecule has 0 bridgehead atoms. The minimum absolute atomic E-state index is 0.102. The van der Waals surface area contributed by atoms with Crippen LogP contribution in [0.1, 0.15) is 5.76 Å². The number of rotatable bonds is 8. The van der Waals surface area contributed by atoms with Gasteiger partial charge in [-0.15, -0.1) is 10.2 Å². The Morgan fingerprint density at radius 2 is 2.03 bits per heavy atom. The zero-order chi connectivity index (χ0) is 21.6. The number of benzene rings is 2. The van der Waals surface area contributed by atoms with Gasteiger partial charge in [0.2, 0.25) is 5.91 Å². The molecule has 2 aromatic carbocycles. The highest BCUT2D eigenvalue weighted by Crippen LogP contribution is 2.27. The minimum atomic E-state index is -0.400. The fraction of sp³-hybridized carbons (Fsp3) is 0.136. The van der Waals surface area contributed by atoms with E-state index in [1.54, 1.807) is 66.5 Å². The van der Waals surface area contributed by atoms with Crippen molar-refractivity contribution in [3.8, 4) is 17.1 Å². The van der Waals surface area contributed by atoms with E-state index in [0.717, 1.165) is 0 Å². The van der Waals surface area contributed by atoms with Crippen LogP contribution in [-0.4, -0.2) is 33.5 Å². The molecule has 7 nitrogen and oxygen atoms in total. The second kappa shape index (κ2) is 9.48. The number of nitrogens with zero attached hydrogens (tertiary/aromatic N) is 3. The molecule has 0 aliphatic heterocycles. The van der Waals surface area contributed by atoms with Gasteiger partial charge >= 0.3 is 0 Å². The zero-order valence-electron chi connectivity index (χ0n) is 16.6. The maximum absolute atomic E-state index is 14.4. The molecule has 0 fully saturated rings. The Kier molecular flexibility index (Phi) is 6.32. The molecule has 0 aliphatic rings. The van der Waals surface area contributed by atoms with Crippen LogP contribution in [0.4, 0.5) is 10.1 Å². The van der Waals surface area contributed by atoms with Gasteiger partial charge in [0.1, 0.15) is 17.3 Å². The SMILES string of the molecule is COc1cccc(NC(=O)CSc2nnc(-c3ccccc3F)n2Cc2ccco2)c1. The highest BCUT2D eigenvalue weighted by molar-refractivity contribution is 7.99. The summed E-state index contributed by atoms with van der Waals surface area (Å²) in [6.07, 6.45) is 1.57. The van der Waals surface area contributed by atoms with Gasteiger partial charge in [-0.05, 0) is 36.4 Å². The van der Waals surface area contributed by atoms with Gasteiger partial charge in [-0.25, -0.2) is 4.39 Å². The molecule has 4 aromatic rings. The van der Waals surface area contributed by atoms with E-state index in [2.05, 4.69) is 15.5 Å². The van der Waals surface area contributed by atoms with Gasteiger partial charge in [0.05, 0.1) is 31.2 Å². The number of furan rings is 1. The van der Waals surface area contributed by atoms with Gasteiger partial charge < -0.3 is 14.5 Å². The van der Waals surface area contributed by atoms with E-state index in [1.807, 2.05) is 6.07 Å². The molecule has 0 atom stereocenters. The summed E-state index contributed by atoms with van der Waals surface area (Å²) in [4.78, 5) is 12.4. The van der Waals surface area contributed by atoms with E-state index in [4.69, 9.17) is 9.15 Å². The van der Waals surface area contributed by atoms with E-state index < -0.39 is 5.82 Å². The number of halogens is 1. The number of methoxy groups -OCH3 is 1. The van der Waals surface area contributed by atoms with E-state index in [1.165, 1.54) is 17.8 Å². The number of thioether (sulfide) groups is 1. The van der Waals surface area contributed by atoms with Gasteiger partial charge in [0, 0.05) is 11.8 Å². The first-order chi connectivity index (χ1) is 15.1. The fourth-order valence-electron chi connectivity index (χ4n) is 2.97. The summed E-state index contributed by atoms with van der Waals surface area (Å²) in [6, 6.07) is 17.1. The van der Waals surface area contributed by atoms with Gasteiger partial charge in [-0.3, -0.25) is 9.36 Å². The molecule has 2 aromatic heterocycles. The average molecular weight is 438 g/mol. The third kappa shape index (κ3) is 4.95. The van der Waals surface area contributed by atoms with E-state index in [9.17, 15) is 9.18 Å². The van der Waals surface area contributed by atoms with Crippen LogP contribution in [0.2, 0.25) is 0 Å². The number of carbonyl (C=O) groups excluding carboxylic acids is 1. The van der Waals surface area contributed by atoms with Crippen molar-refractivity contribution in [1.82, 2.24) is 14.8 Å². The summed E-state index contributed by atoms with van der Waals surface area (Å²) in [6.45, 7) is 0.309. The molecule has 0 saturated carbocycles. The van der Waals surface area contributed by atoms with Crippen molar-refractivity contribution in [2.24, 2.45) is 0 Å². The van der Waals surface area contributed by atoms with Crippen LogP contribution in [0, 0.1) is 5.82 Å². The Hall–Kier alpha value is -3.59. The summed E-state index contributed by atoms with van der Waals surface area (Å²) in [5.74, 6) is 1.18. The van der Waals surface area contributed by atoms with Gasteiger partial charge in [-0.2, -0.15) is 0 Å². The van der Waals surface area contributed by atoms with Crippen molar-refractivity contribution >= 4 is 23.4 Å². The smallest absolute Gasteiger partial charge is 0.234 e. The fourth-order valence-corrected chi connectivity index (χ4v) is 3.70. The molecular weight excluding hydrogens is 419 g/mol. The Morgan fingerprint density at radius 1 is 1.16 bits per heavy atom. The maximum atomic E-state index is 14.4. The minimum Gasteiger partial charge on any atom is -0.497 e. The lowest BCUT2D eigenvalue weighted by molar-refractivity contribution is -0.113. The van der Waals surface area contributed by atoms with Crippen molar-refractivity contribution < 1.29 is 18.3 Å². The third-order valence-corrected chi connectivity index (χ3v) is 5.38. The number of hydrogen-bond acceptors (Lipinski definition) is 6. The van der Waals surface area contributed by atoms with Crippen LogP contribution < -0.4 is 10.1 Å². The van der Waals surface area contributed by atoms with Crippen molar-refractivity contribution in [2.75, 3.05) is 18.2 Å². The highest BCUT2D eigenvalue weighted by Gasteiger charge is 2.19. The number of hydrogen-bond donors (Lipinski definition) is 1. The summed E-state index contributed by atoms with van der Waals surface area (Å²) in [7, 11) is 1.57. The molecule has 2 heterocycles. The van der Waals surface area contributed by atoms with Crippen LogP contribution in [0.3, 0.4) is 0 Å². The second-order valence-electron chi connectivity index (χ2n) is 6.52. The molecule has 0 spiro atoms. The molecule has 158 valence electrons. The van der Waals surface area contributed by atoms with Crippen LogP contribution in [0.15, 0.2) is 76.5 Å². The average Bonchev–Trinajstić information content (AvgIpc) is 3.43. The van der Waals surface area contributed by atoms with Crippen LogP contribution >= 0.6 is 11.8 Å². The predicted octanol–water partition coefficient (Wildman–Crippen LogP) is 4.46. The number of aromatic nitrogens is 3. The molecule has 0 unspecified atom stereocenters. The zero-order valence-corrected chi connectivity index (χ0v) is 17.4. The monoisotopic (exact) mass is 438 g/mol. The van der Waals surface area contributed by atoms with Crippen LogP contribution in [-0.2, 0) is 11.3 Å². The molecule has 31 heavy (non-hydrogen) atoms. The molecule has 0 aliphatic carbocycles. The third-order valence-electron chi connectivity index (χ3n) is 4.41. The summed E-state index contributed by atoms with van der Waals surface area (Å²) < 4.78 is 26.7. The molecular formula is C22H19FN4O3S. The highest BCUT2D eigenvalue weighted by atomic mass is 32.2. The van der Waals surface area contributed by atoms with Crippen LogP contribution in [0.25, 0.3) is 11.4 Å². The number of carbonyl (C=O) groups is 1. The molecule has 4 rings (SSSR count). The maximum Gasteiger partial charge on any atom is 0.234 e. The molecule has 0 saturated heterocycles. The Balaban J connectivity index is 1.53. The molecule has 1 amide bonds. The summed E-state index contributed by atoms with van der Waals surface area (Å²) in [5, 5.41) is 11.7. The lowest BCUT2D eigenvalue weighted by atomic mass is 10.2. The van der Waals surface area contributed by atoms with Crippen molar-refractivity contribution in [2.45, 2.75) is 11.7 Å². The normalized spacial score (nSPS) is 10.8. The van der Waals surface area contributed by atoms with E-state index >= 15 is 0 Å². The first-order valence-electron chi connectivity index (χ1n) is 9.41. The Morgan fingerprint density at radius 3 is 2.81 bits per heavy atom. The lowest BCUT2D eigenvalue weighted by Gasteiger charge is -2.10. The topological polar surface area (TPSA) is 82.2 Å². The van der Waals surface area contributed by atoms with Crippen molar-refractivity contribution in [3.05, 3.63) is 78.5 Å². The van der Waals surface area contributed by atoms with E-state index in [0.29, 0.717) is 40.3 Å². The molecule has 9 heteroatoms. The predicted molar refractivity (Wildman–Crippen MR) is 116 cm³/mol. The van der Waals surface area contributed by atoms with Gasteiger partial charge in [-0.1, -0.05) is 30.0 Å². The summed E-state index contributed by atoms with van der Waals surface area (Å²) >= 11 is 1.21. The van der Waals surface area contributed by atoms with Crippen molar-refractivity contribution in [3.63, 3.8) is 0 Å². The number of amides is 1. The number of nitrogens with one attached hydrogen (secondary N) is 1. The quantitative estimate of drug-likeness (QED) is 0.409. The first kappa shape index (κ1) is 20.7. The Labute approximate surface area is 182 Å².